The molecule has 3 aromatic carbocycles. The fraction of sp³-hybridized carbons (Fsp3) is 0.296. The Morgan fingerprint density at radius 3 is 2.36 bits per heavy atom. The number of benzene rings is 3. The van der Waals surface area contributed by atoms with Crippen LogP contribution in [0.4, 0.5) is 5.69 Å². The number of carbonyl (C=O) groups is 1. The van der Waals surface area contributed by atoms with Gasteiger partial charge in [0.05, 0.1) is 19.6 Å². The lowest BCUT2D eigenvalue weighted by Crippen LogP contribution is -2.27. The molecule has 1 aliphatic carbocycles. The lowest BCUT2D eigenvalue weighted by Gasteiger charge is -2.18. The first-order valence-corrected chi connectivity index (χ1v) is 11.0. The predicted molar refractivity (Wildman–Crippen MR) is 129 cm³/mol. The Bertz CT molecular complexity index is 1250. The topological polar surface area (TPSA) is 66.0 Å². The second kappa shape index (κ2) is 8.03. The van der Waals surface area contributed by atoms with E-state index in [0.717, 1.165) is 63.6 Å². The molecule has 0 atom stereocenters. The van der Waals surface area contributed by atoms with E-state index in [0.29, 0.717) is 5.75 Å². The number of amides is 1. The van der Waals surface area contributed by atoms with Crippen molar-refractivity contribution < 1.29 is 25.2 Å². The molecule has 1 aliphatic heterocycles. The van der Waals surface area contributed by atoms with Crippen molar-refractivity contribution in [1.82, 2.24) is 0 Å². The van der Waals surface area contributed by atoms with Crippen LogP contribution in [0.3, 0.4) is 0 Å². The summed E-state index contributed by atoms with van der Waals surface area (Å²) in [6.07, 6.45) is 1.61. The van der Waals surface area contributed by atoms with Crippen molar-refractivity contribution in [3.8, 4) is 34.1 Å². The third-order valence-electron chi connectivity index (χ3n) is 6.61. The van der Waals surface area contributed by atoms with E-state index in [2.05, 4.69) is 5.32 Å². The van der Waals surface area contributed by atoms with Gasteiger partial charge in [0.1, 0.15) is 11.5 Å². The summed E-state index contributed by atoms with van der Waals surface area (Å²) in [7, 11) is 3.32. The molecule has 0 unspecified atom stereocenters. The number of hydrogen-bond donors (Lipinski definition) is 1. The maximum absolute atomic E-state index is 13.4. The molecule has 0 bridgehead atoms. The van der Waals surface area contributed by atoms with E-state index in [-0.39, 0.29) is 14.1 Å². The number of hydrogen-bond acceptors (Lipinski definition) is 5. The van der Waals surface area contributed by atoms with Gasteiger partial charge in [-0.15, -0.1) is 0 Å². The normalized spacial score (nSPS) is 15.2. The van der Waals surface area contributed by atoms with Gasteiger partial charge in [0.25, 0.3) is 0 Å². The lowest BCUT2D eigenvalue weighted by molar-refractivity contribution is -0.118. The molecule has 1 heterocycles. The number of ether oxygens (including phenoxy) is 4. The van der Waals surface area contributed by atoms with Crippen molar-refractivity contribution in [3.63, 3.8) is 0 Å². The highest BCUT2D eigenvalue weighted by Gasteiger charge is 2.51. The van der Waals surface area contributed by atoms with E-state index in [1.54, 1.807) is 14.2 Å². The van der Waals surface area contributed by atoms with Crippen molar-refractivity contribution >= 4 is 11.6 Å². The van der Waals surface area contributed by atoms with Gasteiger partial charge in [-0.3, -0.25) is 4.79 Å². The lowest BCUT2D eigenvalue weighted by atomic mass is 9.94. The average molecular weight is 448 g/mol. The standard InChI is InChI=1S/C27H27NO5.H2/c1-16-5-7-19(13-20(16)21-14-23(30-3)17(2)11-24(21)31-4)28-26(29)27(9-10-27)18-6-8-22-25(12-18)33-15-32-22;/h5-8,11-14H,9-10,15H2,1-4H3,(H,28,29);1H. The van der Waals surface area contributed by atoms with Crippen LogP contribution in [0.25, 0.3) is 11.1 Å². The molecule has 2 aliphatic rings. The van der Waals surface area contributed by atoms with Crippen LogP contribution in [0, 0.1) is 13.8 Å². The minimum atomic E-state index is -0.531. The zero-order valence-corrected chi connectivity index (χ0v) is 19.3. The number of methoxy groups -OCH3 is 2. The molecule has 1 fully saturated rings. The molecular formula is C27H29NO5. The number of anilines is 1. The first-order chi connectivity index (χ1) is 15.9. The Morgan fingerprint density at radius 2 is 1.64 bits per heavy atom. The summed E-state index contributed by atoms with van der Waals surface area (Å²) in [5, 5.41) is 3.14. The highest BCUT2D eigenvalue weighted by Crippen LogP contribution is 2.51. The molecule has 1 N–H and O–H groups in total. The molecule has 1 amide bonds. The Hall–Kier alpha value is -3.67. The molecule has 0 radical (unpaired) electrons. The van der Waals surface area contributed by atoms with Crippen LogP contribution in [0.2, 0.25) is 0 Å². The number of rotatable bonds is 6. The van der Waals surface area contributed by atoms with Crippen molar-refractivity contribution in [1.29, 1.82) is 0 Å². The summed E-state index contributed by atoms with van der Waals surface area (Å²) in [6.45, 7) is 4.25. The molecule has 6 nitrogen and oxygen atoms in total. The van der Waals surface area contributed by atoms with E-state index >= 15 is 0 Å². The Labute approximate surface area is 194 Å². The highest BCUT2D eigenvalue weighted by molar-refractivity contribution is 6.02. The van der Waals surface area contributed by atoms with Crippen LogP contribution in [-0.2, 0) is 10.2 Å². The Kier molecular flexibility index (Phi) is 5.16. The monoisotopic (exact) mass is 447 g/mol. The molecular weight excluding hydrogens is 418 g/mol. The molecule has 5 rings (SSSR count). The number of nitrogens with one attached hydrogen (secondary N) is 1. The number of aryl methyl sites for hydroxylation is 2. The summed E-state index contributed by atoms with van der Waals surface area (Å²) in [5.41, 5.74) is 5.15. The minimum Gasteiger partial charge on any atom is -0.496 e. The molecule has 6 heteroatoms. The zero-order chi connectivity index (χ0) is 23.2. The maximum Gasteiger partial charge on any atom is 0.235 e. The van der Waals surface area contributed by atoms with Gasteiger partial charge < -0.3 is 24.3 Å². The molecule has 0 saturated heterocycles. The third kappa shape index (κ3) is 3.65. The Balaban J connectivity index is 0.00000274. The summed E-state index contributed by atoms with van der Waals surface area (Å²) in [5.74, 6) is 2.97. The summed E-state index contributed by atoms with van der Waals surface area (Å²) < 4.78 is 22.1. The summed E-state index contributed by atoms with van der Waals surface area (Å²) in [4.78, 5) is 13.4. The van der Waals surface area contributed by atoms with Gasteiger partial charge in [0.15, 0.2) is 11.5 Å². The van der Waals surface area contributed by atoms with Gasteiger partial charge in [-0.25, -0.2) is 0 Å². The number of fused-ring (bicyclic) bond motifs is 1. The van der Waals surface area contributed by atoms with Crippen LogP contribution < -0.4 is 24.3 Å². The van der Waals surface area contributed by atoms with Crippen molar-refractivity contribution in [2.75, 3.05) is 26.3 Å². The van der Waals surface area contributed by atoms with Crippen molar-refractivity contribution in [3.05, 3.63) is 65.2 Å². The van der Waals surface area contributed by atoms with Crippen molar-refractivity contribution in [2.45, 2.75) is 32.1 Å². The van der Waals surface area contributed by atoms with Crippen LogP contribution in [0.15, 0.2) is 48.5 Å². The fourth-order valence-corrected chi connectivity index (χ4v) is 4.47. The fourth-order valence-electron chi connectivity index (χ4n) is 4.47. The maximum atomic E-state index is 13.4. The Morgan fingerprint density at radius 1 is 0.879 bits per heavy atom. The SMILES string of the molecule is COc1cc(-c2cc(NC(=O)C3(c4ccc5c(c4)OCO5)CC3)ccc2C)c(OC)cc1C.[HH]. The smallest absolute Gasteiger partial charge is 0.235 e. The average Bonchev–Trinajstić information content (AvgIpc) is 3.51. The summed E-state index contributed by atoms with van der Waals surface area (Å²) >= 11 is 0. The molecule has 0 aromatic heterocycles. The van der Waals surface area contributed by atoms with E-state index in [9.17, 15) is 4.79 Å². The van der Waals surface area contributed by atoms with Gasteiger partial charge in [0.2, 0.25) is 12.7 Å². The van der Waals surface area contributed by atoms with Crippen LogP contribution in [-0.4, -0.2) is 26.9 Å². The summed E-state index contributed by atoms with van der Waals surface area (Å²) in [6, 6.07) is 15.7. The van der Waals surface area contributed by atoms with Crippen LogP contribution >= 0.6 is 0 Å². The minimum absolute atomic E-state index is 0. The van der Waals surface area contributed by atoms with Gasteiger partial charge in [-0.1, -0.05) is 12.1 Å². The molecule has 3 aromatic rings. The van der Waals surface area contributed by atoms with E-state index in [4.69, 9.17) is 18.9 Å². The second-order valence-electron chi connectivity index (χ2n) is 8.66. The van der Waals surface area contributed by atoms with Gasteiger partial charge >= 0.3 is 0 Å². The first-order valence-electron chi connectivity index (χ1n) is 11.0. The van der Waals surface area contributed by atoms with Gasteiger partial charge in [-0.2, -0.15) is 0 Å². The predicted octanol–water partition coefficient (Wildman–Crippen LogP) is 5.63. The first kappa shape index (κ1) is 21.2. The van der Waals surface area contributed by atoms with E-state index < -0.39 is 5.41 Å². The highest BCUT2D eigenvalue weighted by atomic mass is 16.7. The largest absolute Gasteiger partial charge is 0.496 e. The van der Waals surface area contributed by atoms with E-state index in [1.807, 2.05) is 62.4 Å². The van der Waals surface area contributed by atoms with Gasteiger partial charge in [0, 0.05) is 12.7 Å². The molecule has 33 heavy (non-hydrogen) atoms. The van der Waals surface area contributed by atoms with Crippen LogP contribution in [0.5, 0.6) is 23.0 Å². The molecule has 1 saturated carbocycles. The van der Waals surface area contributed by atoms with Gasteiger partial charge in [-0.05, 0) is 85.3 Å². The number of carbonyl (C=O) groups excluding carboxylic acids is 1. The quantitative estimate of drug-likeness (QED) is 0.530. The van der Waals surface area contributed by atoms with E-state index in [1.165, 1.54) is 0 Å². The van der Waals surface area contributed by atoms with Crippen molar-refractivity contribution in [2.24, 2.45) is 0 Å². The molecule has 172 valence electrons. The molecule has 0 spiro atoms. The zero-order valence-electron chi connectivity index (χ0n) is 19.3. The van der Waals surface area contributed by atoms with Crippen LogP contribution in [0.1, 0.15) is 31.0 Å². The third-order valence-corrected chi connectivity index (χ3v) is 6.61. The second-order valence-corrected chi connectivity index (χ2v) is 8.66.